The number of ether oxygens (including phenoxy) is 1. The molecule has 13 heteroatoms. The van der Waals surface area contributed by atoms with E-state index in [0.717, 1.165) is 18.9 Å². The highest BCUT2D eigenvalue weighted by Gasteiger charge is 2.35. The lowest BCUT2D eigenvalue weighted by Crippen LogP contribution is -2.33. The lowest BCUT2D eigenvalue weighted by Gasteiger charge is -2.34. The van der Waals surface area contributed by atoms with Crippen LogP contribution in [0.15, 0.2) is 42.2 Å². The van der Waals surface area contributed by atoms with Crippen LogP contribution in [0.4, 0.5) is 13.2 Å². The van der Waals surface area contributed by atoms with Gasteiger partial charge in [0.25, 0.3) is 5.91 Å². The van der Waals surface area contributed by atoms with Crippen LogP contribution in [-0.4, -0.2) is 48.1 Å². The summed E-state index contributed by atoms with van der Waals surface area (Å²) in [5.41, 5.74) is 5.87. The maximum atomic E-state index is 13.3. The van der Waals surface area contributed by atoms with Crippen molar-refractivity contribution in [1.82, 2.24) is 29.5 Å². The van der Waals surface area contributed by atoms with Crippen LogP contribution in [0.3, 0.4) is 0 Å². The molecule has 1 fully saturated rings. The van der Waals surface area contributed by atoms with Gasteiger partial charge in [0.15, 0.2) is 0 Å². The third-order valence-electron chi connectivity index (χ3n) is 5.67. The number of hydrogen-bond donors (Lipinski definition) is 1. The lowest BCUT2D eigenvalue weighted by atomic mass is 9.89. The van der Waals surface area contributed by atoms with Gasteiger partial charge in [-0.2, -0.15) is 23.4 Å². The van der Waals surface area contributed by atoms with Crippen molar-refractivity contribution in [1.29, 1.82) is 0 Å². The van der Waals surface area contributed by atoms with E-state index in [2.05, 4.69) is 20.2 Å². The quantitative estimate of drug-likeness (QED) is 0.406. The Morgan fingerprint density at radius 3 is 2.74 bits per heavy atom. The van der Waals surface area contributed by atoms with Crippen molar-refractivity contribution in [3.63, 3.8) is 0 Å². The second-order valence-electron chi connectivity index (χ2n) is 8.03. The molecule has 4 aromatic heterocycles. The van der Waals surface area contributed by atoms with E-state index in [4.69, 9.17) is 10.5 Å². The molecular formula is C22H20F3N7O2S. The van der Waals surface area contributed by atoms with Gasteiger partial charge >= 0.3 is 6.18 Å². The summed E-state index contributed by atoms with van der Waals surface area (Å²) in [6.45, 7) is 2.55. The number of amides is 1. The predicted octanol–water partition coefficient (Wildman–Crippen LogP) is 4.11. The Kier molecular flexibility index (Phi) is 5.89. The molecule has 4 aromatic rings. The zero-order chi connectivity index (χ0) is 24.7. The topological polar surface area (TPSA) is 114 Å². The monoisotopic (exact) mass is 503 g/mol. The van der Waals surface area contributed by atoms with Crippen LogP contribution in [0.2, 0.25) is 0 Å². The molecular weight excluding hydrogens is 483 g/mol. The standard InChI is InChI=1S/C22H20F3N7O2S/c1-2-34-14-6-13(7-14)31-10-17(19(30-31)15-4-3-5-18(28-15)22(23,24)25)32-9-12(8-27-32)21-29-16(11-35-21)20(26)33/h3-5,8-11,13-14H,2,6-7H2,1H3,(H2,26,33). The number of nitrogens with zero attached hydrogens (tertiary/aromatic N) is 6. The SMILES string of the molecule is CCOC1CC(n2cc(-n3cc(-c4nc(C(N)=O)cs4)cn3)c(-c3cccc(C(F)(F)F)n3)n2)C1. The van der Waals surface area contributed by atoms with Crippen LogP contribution in [0.1, 0.15) is 42.0 Å². The summed E-state index contributed by atoms with van der Waals surface area (Å²) >= 11 is 1.24. The first-order valence-corrected chi connectivity index (χ1v) is 11.7. The molecule has 0 aromatic carbocycles. The fourth-order valence-electron chi connectivity index (χ4n) is 3.85. The molecule has 1 saturated carbocycles. The molecule has 0 radical (unpaired) electrons. The number of carbonyl (C=O) groups is 1. The Hall–Kier alpha value is -3.58. The van der Waals surface area contributed by atoms with Crippen LogP contribution in [0.5, 0.6) is 0 Å². The van der Waals surface area contributed by atoms with Crippen molar-refractivity contribution in [2.45, 2.75) is 38.1 Å². The van der Waals surface area contributed by atoms with E-state index in [0.29, 0.717) is 22.9 Å². The number of alkyl halides is 3. The molecule has 2 N–H and O–H groups in total. The third kappa shape index (κ3) is 4.56. The van der Waals surface area contributed by atoms with Crippen molar-refractivity contribution in [3.05, 3.63) is 53.6 Å². The van der Waals surface area contributed by atoms with E-state index in [-0.39, 0.29) is 29.2 Å². The minimum atomic E-state index is -4.58. The van der Waals surface area contributed by atoms with Gasteiger partial charge in [0.1, 0.15) is 27.8 Å². The van der Waals surface area contributed by atoms with E-state index in [1.165, 1.54) is 28.2 Å². The third-order valence-corrected chi connectivity index (χ3v) is 6.57. The maximum absolute atomic E-state index is 13.3. The normalized spacial score (nSPS) is 17.9. The molecule has 0 spiro atoms. The van der Waals surface area contributed by atoms with Gasteiger partial charge in [-0.25, -0.2) is 14.6 Å². The first-order valence-electron chi connectivity index (χ1n) is 10.8. The average molecular weight is 504 g/mol. The summed E-state index contributed by atoms with van der Waals surface area (Å²) in [7, 11) is 0. The summed E-state index contributed by atoms with van der Waals surface area (Å²) in [6.07, 6.45) is 2.03. The van der Waals surface area contributed by atoms with E-state index in [9.17, 15) is 18.0 Å². The Labute approximate surface area is 201 Å². The van der Waals surface area contributed by atoms with Crippen molar-refractivity contribution in [3.8, 4) is 27.6 Å². The number of primary amides is 1. The minimum Gasteiger partial charge on any atom is -0.378 e. The number of hydrogen-bond acceptors (Lipinski definition) is 7. The lowest BCUT2D eigenvalue weighted by molar-refractivity contribution is -0.141. The first kappa shape index (κ1) is 23.2. The van der Waals surface area contributed by atoms with Crippen molar-refractivity contribution in [2.75, 3.05) is 6.61 Å². The number of pyridine rings is 1. The highest BCUT2D eigenvalue weighted by molar-refractivity contribution is 7.13. The highest BCUT2D eigenvalue weighted by atomic mass is 32.1. The van der Waals surface area contributed by atoms with Gasteiger partial charge in [-0.3, -0.25) is 9.48 Å². The zero-order valence-corrected chi connectivity index (χ0v) is 19.3. The molecule has 0 saturated heterocycles. The minimum absolute atomic E-state index is 0.0527. The van der Waals surface area contributed by atoms with Crippen molar-refractivity contribution in [2.24, 2.45) is 5.73 Å². The molecule has 5 rings (SSSR count). The van der Waals surface area contributed by atoms with E-state index < -0.39 is 17.8 Å². The molecule has 0 atom stereocenters. The van der Waals surface area contributed by atoms with Gasteiger partial charge in [-0.05, 0) is 31.9 Å². The van der Waals surface area contributed by atoms with Gasteiger partial charge in [-0.15, -0.1) is 11.3 Å². The summed E-state index contributed by atoms with van der Waals surface area (Å²) in [5.74, 6) is -0.634. The van der Waals surface area contributed by atoms with E-state index in [1.807, 2.05) is 6.92 Å². The van der Waals surface area contributed by atoms with Crippen LogP contribution in [0.25, 0.3) is 27.6 Å². The van der Waals surface area contributed by atoms with Crippen LogP contribution >= 0.6 is 11.3 Å². The second-order valence-corrected chi connectivity index (χ2v) is 8.89. The highest BCUT2D eigenvalue weighted by Crippen LogP contribution is 2.37. The molecule has 0 bridgehead atoms. The van der Waals surface area contributed by atoms with Gasteiger partial charge in [0, 0.05) is 23.7 Å². The summed E-state index contributed by atoms with van der Waals surface area (Å²) in [6, 6.07) is 3.76. The van der Waals surface area contributed by atoms with Crippen molar-refractivity contribution < 1.29 is 22.7 Å². The summed E-state index contributed by atoms with van der Waals surface area (Å²) < 4.78 is 48.8. The molecule has 4 heterocycles. The molecule has 182 valence electrons. The van der Waals surface area contributed by atoms with E-state index >= 15 is 0 Å². The number of carbonyl (C=O) groups excluding carboxylic acids is 1. The van der Waals surface area contributed by atoms with Gasteiger partial charge in [0.2, 0.25) is 0 Å². The molecule has 35 heavy (non-hydrogen) atoms. The predicted molar refractivity (Wildman–Crippen MR) is 121 cm³/mol. The van der Waals surface area contributed by atoms with Crippen molar-refractivity contribution >= 4 is 17.2 Å². The Morgan fingerprint density at radius 2 is 2.06 bits per heavy atom. The van der Waals surface area contributed by atoms with Crippen LogP contribution < -0.4 is 5.73 Å². The van der Waals surface area contributed by atoms with Gasteiger partial charge in [-0.1, -0.05) is 6.07 Å². The molecule has 0 unspecified atom stereocenters. The molecule has 1 aliphatic carbocycles. The van der Waals surface area contributed by atoms with Crippen LogP contribution in [0, 0.1) is 0 Å². The first-order chi connectivity index (χ1) is 16.7. The Morgan fingerprint density at radius 1 is 1.26 bits per heavy atom. The van der Waals surface area contributed by atoms with E-state index in [1.54, 1.807) is 28.7 Å². The van der Waals surface area contributed by atoms with Crippen LogP contribution in [-0.2, 0) is 10.9 Å². The average Bonchev–Trinajstić information content (AvgIpc) is 3.54. The molecule has 9 nitrogen and oxygen atoms in total. The number of thiazole rings is 1. The molecule has 0 aliphatic heterocycles. The zero-order valence-electron chi connectivity index (χ0n) is 18.4. The maximum Gasteiger partial charge on any atom is 0.433 e. The number of halogens is 3. The fraction of sp³-hybridized carbons (Fsp3) is 0.318. The number of aromatic nitrogens is 6. The molecule has 1 aliphatic rings. The second kappa shape index (κ2) is 8.89. The fourth-order valence-corrected chi connectivity index (χ4v) is 4.64. The summed E-state index contributed by atoms with van der Waals surface area (Å²) in [4.78, 5) is 19.4. The summed E-state index contributed by atoms with van der Waals surface area (Å²) in [5, 5.41) is 11.1. The molecule has 1 amide bonds. The number of nitrogens with two attached hydrogens (primary N) is 1. The smallest absolute Gasteiger partial charge is 0.378 e. The Balaban J connectivity index is 1.54. The number of rotatable bonds is 7. The Bertz CT molecular complexity index is 1370. The largest absolute Gasteiger partial charge is 0.433 e. The van der Waals surface area contributed by atoms with Gasteiger partial charge in [0.05, 0.1) is 30.2 Å². The van der Waals surface area contributed by atoms with Gasteiger partial charge < -0.3 is 10.5 Å².